The quantitative estimate of drug-likeness (QED) is 0.718. The van der Waals surface area contributed by atoms with Gasteiger partial charge in [-0.05, 0) is 43.4 Å². The summed E-state index contributed by atoms with van der Waals surface area (Å²) in [5.41, 5.74) is 2.28. The SMILES string of the molecule is CCC1=CC(=O)CC(c2ccccc2OCOC(C)OC)C1. The molecular weight excluding hydrogens is 280 g/mol. The van der Waals surface area contributed by atoms with Crippen LogP contribution in [-0.4, -0.2) is 26.0 Å². The standard InChI is InChI=1S/C18H24O4/c1-4-14-9-15(11-16(19)10-14)17-7-5-6-8-18(17)22-12-21-13(2)20-3/h5-8,10,13,15H,4,9,11-12H2,1-3H3. The number of benzene rings is 1. The van der Waals surface area contributed by atoms with Crippen molar-refractivity contribution in [2.75, 3.05) is 13.9 Å². The number of ether oxygens (including phenoxy) is 3. The first-order valence-corrected chi connectivity index (χ1v) is 7.72. The largest absolute Gasteiger partial charge is 0.467 e. The Labute approximate surface area is 132 Å². The molecule has 4 heteroatoms. The molecule has 0 fully saturated rings. The maximum Gasteiger partial charge on any atom is 0.191 e. The summed E-state index contributed by atoms with van der Waals surface area (Å²) in [5, 5.41) is 0. The summed E-state index contributed by atoms with van der Waals surface area (Å²) >= 11 is 0. The van der Waals surface area contributed by atoms with Crippen LogP contribution in [0.1, 0.15) is 44.6 Å². The normalized spacial score (nSPS) is 19.7. The number of carbonyl (C=O) groups is 1. The average Bonchev–Trinajstić information content (AvgIpc) is 2.54. The van der Waals surface area contributed by atoms with Crippen molar-refractivity contribution in [1.29, 1.82) is 0 Å². The smallest absolute Gasteiger partial charge is 0.191 e. The summed E-state index contributed by atoms with van der Waals surface area (Å²) in [7, 11) is 1.59. The summed E-state index contributed by atoms with van der Waals surface area (Å²) in [6, 6.07) is 7.87. The zero-order valence-corrected chi connectivity index (χ0v) is 13.5. The van der Waals surface area contributed by atoms with Gasteiger partial charge >= 0.3 is 0 Å². The summed E-state index contributed by atoms with van der Waals surface area (Å²) in [6.07, 6.45) is 3.86. The third-order valence-corrected chi connectivity index (χ3v) is 3.98. The molecule has 2 atom stereocenters. The fourth-order valence-electron chi connectivity index (χ4n) is 2.65. The van der Waals surface area contributed by atoms with E-state index < -0.39 is 0 Å². The molecule has 0 radical (unpaired) electrons. The third kappa shape index (κ3) is 4.42. The van der Waals surface area contributed by atoms with Crippen LogP contribution in [0.4, 0.5) is 0 Å². The van der Waals surface area contributed by atoms with Crippen LogP contribution in [0, 0.1) is 0 Å². The van der Waals surface area contributed by atoms with Crippen LogP contribution in [0.25, 0.3) is 0 Å². The first-order valence-electron chi connectivity index (χ1n) is 7.72. The molecular formula is C18H24O4. The number of ketones is 1. The summed E-state index contributed by atoms with van der Waals surface area (Å²) < 4.78 is 16.1. The van der Waals surface area contributed by atoms with Crippen molar-refractivity contribution >= 4 is 5.78 Å². The molecule has 0 aromatic heterocycles. The van der Waals surface area contributed by atoms with E-state index in [0.717, 1.165) is 24.2 Å². The van der Waals surface area contributed by atoms with Gasteiger partial charge in [0.25, 0.3) is 0 Å². The molecule has 0 spiro atoms. The van der Waals surface area contributed by atoms with Crippen molar-refractivity contribution in [2.24, 2.45) is 0 Å². The van der Waals surface area contributed by atoms with Crippen molar-refractivity contribution in [3.05, 3.63) is 41.5 Å². The second-order valence-electron chi connectivity index (χ2n) is 5.50. The number of hydrogen-bond donors (Lipinski definition) is 0. The Morgan fingerprint density at radius 2 is 2.05 bits per heavy atom. The van der Waals surface area contributed by atoms with Crippen molar-refractivity contribution in [3.8, 4) is 5.75 Å². The molecule has 1 aromatic rings. The van der Waals surface area contributed by atoms with Crippen LogP contribution >= 0.6 is 0 Å². The van der Waals surface area contributed by atoms with E-state index in [2.05, 4.69) is 6.92 Å². The van der Waals surface area contributed by atoms with Crippen LogP contribution in [-0.2, 0) is 14.3 Å². The Hall–Kier alpha value is -1.65. The van der Waals surface area contributed by atoms with E-state index >= 15 is 0 Å². The molecule has 4 nitrogen and oxygen atoms in total. The maximum atomic E-state index is 11.9. The highest BCUT2D eigenvalue weighted by Gasteiger charge is 2.24. The van der Waals surface area contributed by atoms with Crippen molar-refractivity contribution in [3.63, 3.8) is 0 Å². The Morgan fingerprint density at radius 1 is 1.27 bits per heavy atom. The zero-order valence-electron chi connectivity index (χ0n) is 13.5. The maximum absolute atomic E-state index is 11.9. The van der Waals surface area contributed by atoms with Crippen molar-refractivity contribution < 1.29 is 19.0 Å². The second kappa shape index (κ2) is 8.11. The van der Waals surface area contributed by atoms with Crippen LogP contribution in [0.3, 0.4) is 0 Å². The average molecular weight is 304 g/mol. The molecule has 1 aliphatic carbocycles. The molecule has 1 aromatic carbocycles. The highest BCUT2D eigenvalue weighted by molar-refractivity contribution is 5.92. The number of rotatable bonds is 7. The van der Waals surface area contributed by atoms with Gasteiger partial charge in [0.05, 0.1) is 0 Å². The Balaban J connectivity index is 2.08. The third-order valence-electron chi connectivity index (χ3n) is 3.98. The topological polar surface area (TPSA) is 44.8 Å². The van der Waals surface area contributed by atoms with E-state index in [1.54, 1.807) is 13.2 Å². The molecule has 0 amide bonds. The van der Waals surface area contributed by atoms with Crippen LogP contribution in [0.5, 0.6) is 5.75 Å². The predicted octanol–water partition coefficient (Wildman–Crippen LogP) is 3.81. The Bertz CT molecular complexity index is 536. The van der Waals surface area contributed by atoms with Crippen LogP contribution < -0.4 is 4.74 Å². The molecule has 1 aliphatic rings. The molecule has 0 heterocycles. The molecule has 0 saturated carbocycles. The van der Waals surface area contributed by atoms with Gasteiger partial charge in [-0.2, -0.15) is 0 Å². The van der Waals surface area contributed by atoms with Gasteiger partial charge in [-0.25, -0.2) is 0 Å². The van der Waals surface area contributed by atoms with E-state index in [4.69, 9.17) is 14.2 Å². The van der Waals surface area contributed by atoms with Crippen LogP contribution in [0.2, 0.25) is 0 Å². The van der Waals surface area contributed by atoms with Gasteiger partial charge in [0.15, 0.2) is 18.9 Å². The number of carbonyl (C=O) groups excluding carboxylic acids is 1. The minimum absolute atomic E-state index is 0.128. The predicted molar refractivity (Wildman–Crippen MR) is 84.8 cm³/mol. The Morgan fingerprint density at radius 3 is 2.77 bits per heavy atom. The van der Waals surface area contributed by atoms with Gasteiger partial charge in [0.1, 0.15) is 5.75 Å². The lowest BCUT2D eigenvalue weighted by atomic mass is 9.82. The fraction of sp³-hybridized carbons (Fsp3) is 0.500. The second-order valence-corrected chi connectivity index (χ2v) is 5.50. The van der Waals surface area contributed by atoms with Gasteiger partial charge in [-0.1, -0.05) is 30.7 Å². The zero-order chi connectivity index (χ0) is 15.9. The highest BCUT2D eigenvalue weighted by Crippen LogP contribution is 2.37. The number of hydrogen-bond acceptors (Lipinski definition) is 4. The molecule has 0 saturated heterocycles. The van der Waals surface area contributed by atoms with E-state index in [0.29, 0.717) is 6.42 Å². The molecule has 0 N–H and O–H groups in total. The molecule has 0 bridgehead atoms. The number of allylic oxidation sites excluding steroid dienone is 2. The summed E-state index contributed by atoms with van der Waals surface area (Å²) in [6.45, 7) is 4.03. The van der Waals surface area contributed by atoms with Gasteiger partial charge < -0.3 is 14.2 Å². The monoisotopic (exact) mass is 304 g/mol. The summed E-state index contributed by atoms with van der Waals surface area (Å²) in [4.78, 5) is 11.9. The molecule has 2 unspecified atom stereocenters. The van der Waals surface area contributed by atoms with Crippen LogP contribution in [0.15, 0.2) is 35.9 Å². The van der Waals surface area contributed by atoms with Crippen molar-refractivity contribution in [1.82, 2.24) is 0 Å². The minimum atomic E-state index is -0.307. The molecule has 0 aliphatic heterocycles. The first-order chi connectivity index (χ1) is 10.6. The minimum Gasteiger partial charge on any atom is -0.467 e. The molecule has 22 heavy (non-hydrogen) atoms. The fourth-order valence-corrected chi connectivity index (χ4v) is 2.65. The van der Waals surface area contributed by atoms with Gasteiger partial charge in [-0.3, -0.25) is 4.79 Å². The number of para-hydroxylation sites is 1. The lowest BCUT2D eigenvalue weighted by Gasteiger charge is -2.24. The highest BCUT2D eigenvalue weighted by atomic mass is 16.7. The number of methoxy groups -OCH3 is 1. The van der Waals surface area contributed by atoms with Crippen molar-refractivity contribution in [2.45, 2.75) is 45.3 Å². The first kappa shape index (κ1) is 16.7. The van der Waals surface area contributed by atoms with Gasteiger partial charge in [-0.15, -0.1) is 0 Å². The van der Waals surface area contributed by atoms with Gasteiger partial charge in [0.2, 0.25) is 0 Å². The molecule has 2 rings (SSSR count). The lowest BCUT2D eigenvalue weighted by molar-refractivity contribution is -0.149. The Kier molecular flexibility index (Phi) is 6.16. The summed E-state index contributed by atoms with van der Waals surface area (Å²) in [5.74, 6) is 1.16. The van der Waals surface area contributed by atoms with E-state index in [1.807, 2.05) is 31.2 Å². The van der Waals surface area contributed by atoms with E-state index in [9.17, 15) is 4.79 Å². The van der Waals surface area contributed by atoms with E-state index in [-0.39, 0.29) is 24.8 Å². The van der Waals surface area contributed by atoms with E-state index in [1.165, 1.54) is 5.57 Å². The van der Waals surface area contributed by atoms with Gasteiger partial charge in [0, 0.05) is 13.5 Å². The lowest BCUT2D eigenvalue weighted by Crippen LogP contribution is -2.17. The molecule has 120 valence electrons.